The summed E-state index contributed by atoms with van der Waals surface area (Å²) < 4.78 is 13.4. The number of carbonyl (C=O) groups is 1. The first-order valence-electron chi connectivity index (χ1n) is 7.49. The monoisotopic (exact) mass is 335 g/mol. The Kier molecular flexibility index (Phi) is 5.82. The maximum absolute atomic E-state index is 13.4. The van der Waals surface area contributed by atoms with Gasteiger partial charge in [-0.1, -0.05) is 6.07 Å². The van der Waals surface area contributed by atoms with E-state index in [0.29, 0.717) is 6.54 Å². The maximum Gasteiger partial charge on any atom is 0.227 e. The number of aromatic nitrogens is 2. The van der Waals surface area contributed by atoms with Gasteiger partial charge in [-0.3, -0.25) is 9.89 Å². The zero-order valence-electron chi connectivity index (χ0n) is 13.9. The number of amides is 1. The SMILES string of the molecule is CSCc1cc(F)ccc1CNC(=O)[C@H](C)c1c(C)n[nH]c1C. The summed E-state index contributed by atoms with van der Waals surface area (Å²) in [5, 5.41) is 9.99. The topological polar surface area (TPSA) is 57.8 Å². The number of aromatic amines is 1. The van der Waals surface area contributed by atoms with E-state index in [4.69, 9.17) is 0 Å². The number of halogens is 1. The van der Waals surface area contributed by atoms with Crippen molar-refractivity contribution in [3.05, 3.63) is 52.1 Å². The van der Waals surface area contributed by atoms with Crippen LogP contribution in [-0.2, 0) is 17.1 Å². The lowest BCUT2D eigenvalue weighted by Gasteiger charge is -2.14. The average Bonchev–Trinajstić information content (AvgIpc) is 2.85. The van der Waals surface area contributed by atoms with Crippen LogP contribution in [-0.4, -0.2) is 22.4 Å². The molecule has 0 aliphatic carbocycles. The second-order valence-electron chi connectivity index (χ2n) is 5.63. The molecule has 0 saturated carbocycles. The van der Waals surface area contributed by atoms with E-state index in [9.17, 15) is 9.18 Å². The Balaban J connectivity index is 2.07. The summed E-state index contributed by atoms with van der Waals surface area (Å²) in [4.78, 5) is 12.4. The molecule has 23 heavy (non-hydrogen) atoms. The smallest absolute Gasteiger partial charge is 0.227 e. The van der Waals surface area contributed by atoms with Crippen LogP contribution in [0.2, 0.25) is 0 Å². The molecule has 2 rings (SSSR count). The van der Waals surface area contributed by atoms with Crippen LogP contribution in [0, 0.1) is 19.7 Å². The Hall–Kier alpha value is -1.82. The van der Waals surface area contributed by atoms with Crippen molar-refractivity contribution in [2.24, 2.45) is 0 Å². The van der Waals surface area contributed by atoms with Gasteiger partial charge in [-0.2, -0.15) is 16.9 Å². The van der Waals surface area contributed by atoms with Crippen LogP contribution < -0.4 is 5.32 Å². The highest BCUT2D eigenvalue weighted by atomic mass is 32.2. The molecule has 6 heteroatoms. The molecular weight excluding hydrogens is 313 g/mol. The fourth-order valence-corrected chi connectivity index (χ4v) is 3.30. The van der Waals surface area contributed by atoms with Gasteiger partial charge < -0.3 is 5.32 Å². The highest BCUT2D eigenvalue weighted by Gasteiger charge is 2.21. The first-order chi connectivity index (χ1) is 10.9. The van der Waals surface area contributed by atoms with Crippen molar-refractivity contribution >= 4 is 17.7 Å². The van der Waals surface area contributed by atoms with Gasteiger partial charge in [-0.25, -0.2) is 4.39 Å². The van der Waals surface area contributed by atoms with E-state index in [1.807, 2.05) is 27.0 Å². The predicted molar refractivity (Wildman–Crippen MR) is 91.9 cm³/mol. The number of H-pyrrole nitrogens is 1. The lowest BCUT2D eigenvalue weighted by atomic mass is 9.98. The van der Waals surface area contributed by atoms with Crippen molar-refractivity contribution < 1.29 is 9.18 Å². The standard InChI is InChI=1S/C17H22FN3OS/c1-10(16-11(2)20-21-12(16)3)17(22)19-8-13-5-6-15(18)7-14(13)9-23-4/h5-7,10H,8-9H2,1-4H3,(H,19,22)(H,20,21)/t10-/m1/s1. The second-order valence-corrected chi connectivity index (χ2v) is 6.50. The molecule has 2 aromatic rings. The number of nitrogens with zero attached hydrogens (tertiary/aromatic N) is 1. The lowest BCUT2D eigenvalue weighted by molar-refractivity contribution is -0.122. The van der Waals surface area contributed by atoms with E-state index < -0.39 is 0 Å². The largest absolute Gasteiger partial charge is 0.351 e. The molecule has 0 radical (unpaired) electrons. The van der Waals surface area contributed by atoms with Gasteiger partial charge in [0, 0.05) is 23.6 Å². The number of rotatable bonds is 6. The van der Waals surface area contributed by atoms with Crippen LogP contribution in [0.4, 0.5) is 4.39 Å². The highest BCUT2D eigenvalue weighted by Crippen LogP contribution is 2.22. The number of hydrogen-bond acceptors (Lipinski definition) is 3. The van der Waals surface area contributed by atoms with E-state index in [1.54, 1.807) is 17.8 Å². The number of carbonyl (C=O) groups excluding carboxylic acids is 1. The molecule has 0 unspecified atom stereocenters. The fraction of sp³-hybridized carbons (Fsp3) is 0.412. The van der Waals surface area contributed by atoms with Crippen molar-refractivity contribution in [3.8, 4) is 0 Å². The molecule has 2 N–H and O–H groups in total. The van der Waals surface area contributed by atoms with Gasteiger partial charge in [0.25, 0.3) is 0 Å². The number of aryl methyl sites for hydroxylation is 2. The van der Waals surface area contributed by atoms with Crippen LogP contribution in [0.15, 0.2) is 18.2 Å². The van der Waals surface area contributed by atoms with E-state index in [0.717, 1.165) is 33.8 Å². The van der Waals surface area contributed by atoms with Crippen LogP contribution >= 0.6 is 11.8 Å². The molecule has 0 aliphatic heterocycles. The summed E-state index contributed by atoms with van der Waals surface area (Å²) >= 11 is 1.63. The summed E-state index contributed by atoms with van der Waals surface area (Å²) in [5.41, 5.74) is 4.55. The van der Waals surface area contributed by atoms with Gasteiger partial charge in [0.2, 0.25) is 5.91 Å². The van der Waals surface area contributed by atoms with Gasteiger partial charge in [0.1, 0.15) is 5.82 Å². The Morgan fingerprint density at radius 3 is 2.74 bits per heavy atom. The molecule has 0 bridgehead atoms. The predicted octanol–water partition coefficient (Wildman–Crippen LogP) is 3.45. The Bertz CT molecular complexity index is 680. The molecule has 1 amide bonds. The Morgan fingerprint density at radius 2 is 2.13 bits per heavy atom. The zero-order valence-corrected chi connectivity index (χ0v) is 14.7. The van der Waals surface area contributed by atoms with Gasteiger partial charge in [-0.15, -0.1) is 0 Å². The number of nitrogens with one attached hydrogen (secondary N) is 2. The van der Waals surface area contributed by atoms with Gasteiger partial charge in [0.05, 0.1) is 11.6 Å². The van der Waals surface area contributed by atoms with Crippen molar-refractivity contribution in [2.45, 2.75) is 39.0 Å². The van der Waals surface area contributed by atoms with Crippen molar-refractivity contribution in [3.63, 3.8) is 0 Å². The third kappa shape index (κ3) is 4.13. The molecule has 0 fully saturated rings. The van der Waals surface area contributed by atoms with Crippen molar-refractivity contribution in [1.29, 1.82) is 0 Å². The zero-order chi connectivity index (χ0) is 17.0. The van der Waals surface area contributed by atoms with Gasteiger partial charge >= 0.3 is 0 Å². The molecule has 0 aliphatic rings. The number of thioether (sulfide) groups is 1. The third-order valence-electron chi connectivity index (χ3n) is 3.93. The first-order valence-corrected chi connectivity index (χ1v) is 8.88. The third-order valence-corrected chi connectivity index (χ3v) is 4.53. The van der Waals surface area contributed by atoms with E-state index in [1.165, 1.54) is 12.1 Å². The fourth-order valence-electron chi connectivity index (χ4n) is 2.72. The maximum atomic E-state index is 13.4. The Morgan fingerprint density at radius 1 is 1.39 bits per heavy atom. The molecule has 4 nitrogen and oxygen atoms in total. The van der Waals surface area contributed by atoms with Gasteiger partial charge in [-0.05, 0) is 50.3 Å². The molecule has 124 valence electrons. The normalized spacial score (nSPS) is 12.2. The number of benzene rings is 1. The first kappa shape index (κ1) is 17.5. The van der Waals surface area contributed by atoms with Crippen LogP contribution in [0.1, 0.15) is 40.9 Å². The lowest BCUT2D eigenvalue weighted by Crippen LogP contribution is -2.28. The highest BCUT2D eigenvalue weighted by molar-refractivity contribution is 7.97. The molecule has 0 saturated heterocycles. The van der Waals surface area contributed by atoms with E-state index in [2.05, 4.69) is 15.5 Å². The van der Waals surface area contributed by atoms with E-state index in [-0.39, 0.29) is 17.6 Å². The molecule has 1 atom stereocenters. The molecule has 0 spiro atoms. The minimum atomic E-state index is -0.279. The summed E-state index contributed by atoms with van der Waals surface area (Å²) in [5.74, 6) is 0.135. The molecule has 1 heterocycles. The summed E-state index contributed by atoms with van der Waals surface area (Å²) in [6.45, 7) is 6.07. The molecule has 1 aromatic heterocycles. The molecule has 1 aromatic carbocycles. The average molecular weight is 335 g/mol. The quantitative estimate of drug-likeness (QED) is 0.850. The number of hydrogen-bond donors (Lipinski definition) is 2. The summed E-state index contributed by atoms with van der Waals surface area (Å²) in [6, 6.07) is 4.70. The summed E-state index contributed by atoms with van der Waals surface area (Å²) in [6.07, 6.45) is 1.97. The Labute approximate surface area is 140 Å². The van der Waals surface area contributed by atoms with Crippen LogP contribution in [0.25, 0.3) is 0 Å². The minimum absolute atomic E-state index is 0.0583. The van der Waals surface area contributed by atoms with Crippen LogP contribution in [0.3, 0.4) is 0 Å². The van der Waals surface area contributed by atoms with Crippen LogP contribution in [0.5, 0.6) is 0 Å². The van der Waals surface area contributed by atoms with Crippen molar-refractivity contribution in [2.75, 3.05) is 6.26 Å². The molecular formula is C17H22FN3OS. The van der Waals surface area contributed by atoms with E-state index >= 15 is 0 Å². The summed E-state index contributed by atoms with van der Waals surface area (Å²) in [7, 11) is 0. The second kappa shape index (κ2) is 7.64. The van der Waals surface area contributed by atoms with Crippen molar-refractivity contribution in [1.82, 2.24) is 15.5 Å². The minimum Gasteiger partial charge on any atom is -0.351 e. The van der Waals surface area contributed by atoms with Gasteiger partial charge in [0.15, 0.2) is 0 Å².